The monoisotopic (exact) mass is 414 g/mol. The molecule has 3 aromatic rings. The summed E-state index contributed by atoms with van der Waals surface area (Å²) in [5, 5.41) is 3.36. The predicted molar refractivity (Wildman–Crippen MR) is 108 cm³/mol. The molecule has 0 amide bonds. The highest BCUT2D eigenvalue weighted by Gasteiger charge is 2.18. The Bertz CT molecular complexity index is 1060. The van der Waals surface area contributed by atoms with Gasteiger partial charge in [0.1, 0.15) is 6.61 Å². The molecule has 29 heavy (non-hydrogen) atoms. The van der Waals surface area contributed by atoms with Crippen LogP contribution in [0.5, 0.6) is 5.88 Å². The zero-order valence-corrected chi connectivity index (χ0v) is 16.8. The molecule has 8 nitrogen and oxygen atoms in total. The number of ether oxygens (including phenoxy) is 1. The number of hydrogen-bond donors (Lipinski definition) is 2. The van der Waals surface area contributed by atoms with E-state index in [1.807, 2.05) is 0 Å². The van der Waals surface area contributed by atoms with Gasteiger partial charge in [0.25, 0.3) is 10.0 Å². The van der Waals surface area contributed by atoms with Crippen molar-refractivity contribution in [1.82, 2.24) is 15.3 Å². The molecule has 1 atom stereocenters. The number of benzene rings is 1. The van der Waals surface area contributed by atoms with Crippen LogP contribution in [0.4, 0.5) is 5.69 Å². The van der Waals surface area contributed by atoms with Crippen molar-refractivity contribution in [2.75, 3.05) is 17.9 Å². The van der Waals surface area contributed by atoms with Gasteiger partial charge in [-0.05, 0) is 56.6 Å². The van der Waals surface area contributed by atoms with Crippen molar-refractivity contribution < 1.29 is 17.6 Å². The zero-order chi connectivity index (χ0) is 20.3. The van der Waals surface area contributed by atoms with Gasteiger partial charge in [0.2, 0.25) is 5.88 Å². The molecule has 152 valence electrons. The average Bonchev–Trinajstić information content (AvgIpc) is 3.42. The minimum atomic E-state index is -3.75. The van der Waals surface area contributed by atoms with E-state index in [2.05, 4.69) is 20.0 Å². The molecular formula is C20H22N4O4S. The van der Waals surface area contributed by atoms with Gasteiger partial charge >= 0.3 is 0 Å². The van der Waals surface area contributed by atoms with Crippen molar-refractivity contribution in [3.63, 3.8) is 0 Å². The molecule has 0 unspecified atom stereocenters. The number of rotatable bonds is 7. The van der Waals surface area contributed by atoms with Gasteiger partial charge in [-0.15, -0.1) is 0 Å². The summed E-state index contributed by atoms with van der Waals surface area (Å²) >= 11 is 0. The standard InChI is InChI=1S/C20H22N4O4S/c1-14-18(8-9-20(23-14)27-12-16-3-2-10-22-16)24-29(25,26)17-6-4-15(5-7-17)19-11-21-13-28-19/h4-9,11,13,16,22,24H,2-3,10,12H2,1H3/t16-/m0/s1. The molecular weight excluding hydrogens is 392 g/mol. The fraction of sp³-hybridized carbons (Fsp3) is 0.300. The van der Waals surface area contributed by atoms with E-state index >= 15 is 0 Å². The second-order valence-corrected chi connectivity index (χ2v) is 8.56. The Morgan fingerprint density at radius 3 is 2.72 bits per heavy atom. The maximum absolute atomic E-state index is 12.7. The van der Waals surface area contributed by atoms with Crippen molar-refractivity contribution in [3.8, 4) is 17.2 Å². The summed E-state index contributed by atoms with van der Waals surface area (Å²) < 4.78 is 39.0. The maximum Gasteiger partial charge on any atom is 0.261 e. The molecule has 2 aromatic heterocycles. The molecule has 2 N–H and O–H groups in total. The average molecular weight is 414 g/mol. The van der Waals surface area contributed by atoms with Gasteiger partial charge in [0.15, 0.2) is 12.2 Å². The third-order valence-electron chi connectivity index (χ3n) is 4.78. The van der Waals surface area contributed by atoms with E-state index in [4.69, 9.17) is 9.15 Å². The lowest BCUT2D eigenvalue weighted by atomic mass is 10.2. The fourth-order valence-electron chi connectivity index (χ4n) is 3.17. The van der Waals surface area contributed by atoms with Crippen LogP contribution in [0.1, 0.15) is 18.5 Å². The number of oxazole rings is 1. The van der Waals surface area contributed by atoms with E-state index < -0.39 is 10.0 Å². The summed E-state index contributed by atoms with van der Waals surface area (Å²) in [7, 11) is -3.75. The van der Waals surface area contributed by atoms with Crippen LogP contribution in [0.3, 0.4) is 0 Å². The van der Waals surface area contributed by atoms with Gasteiger partial charge in [-0.25, -0.2) is 18.4 Å². The molecule has 1 aromatic carbocycles. The highest BCUT2D eigenvalue weighted by molar-refractivity contribution is 7.92. The highest BCUT2D eigenvalue weighted by atomic mass is 32.2. The van der Waals surface area contributed by atoms with Crippen molar-refractivity contribution in [2.45, 2.75) is 30.7 Å². The van der Waals surface area contributed by atoms with Crippen LogP contribution in [0.15, 0.2) is 58.3 Å². The second-order valence-electron chi connectivity index (χ2n) is 6.88. The molecule has 4 rings (SSSR count). The number of aromatic nitrogens is 2. The van der Waals surface area contributed by atoms with Crippen LogP contribution in [-0.2, 0) is 10.0 Å². The normalized spacial score (nSPS) is 16.7. The van der Waals surface area contributed by atoms with Gasteiger partial charge in [0.05, 0.1) is 22.5 Å². The Labute approximate surface area is 169 Å². The van der Waals surface area contributed by atoms with Crippen molar-refractivity contribution in [3.05, 3.63) is 54.7 Å². The van der Waals surface area contributed by atoms with Crippen LogP contribution >= 0.6 is 0 Å². The number of pyridine rings is 1. The lowest BCUT2D eigenvalue weighted by Crippen LogP contribution is -2.28. The van der Waals surface area contributed by atoms with Gasteiger partial charge in [-0.2, -0.15) is 0 Å². The van der Waals surface area contributed by atoms with Crippen LogP contribution in [0.25, 0.3) is 11.3 Å². The van der Waals surface area contributed by atoms with E-state index in [1.165, 1.54) is 18.5 Å². The number of nitrogens with one attached hydrogen (secondary N) is 2. The Morgan fingerprint density at radius 1 is 1.24 bits per heavy atom. The minimum absolute atomic E-state index is 0.146. The molecule has 3 heterocycles. The quantitative estimate of drug-likeness (QED) is 0.612. The lowest BCUT2D eigenvalue weighted by Gasteiger charge is -2.14. The lowest BCUT2D eigenvalue weighted by molar-refractivity contribution is 0.267. The predicted octanol–water partition coefficient (Wildman–Crippen LogP) is 2.98. The van der Waals surface area contributed by atoms with E-state index in [1.54, 1.807) is 37.4 Å². The van der Waals surface area contributed by atoms with Crippen molar-refractivity contribution in [1.29, 1.82) is 0 Å². The fourth-order valence-corrected chi connectivity index (χ4v) is 4.29. The van der Waals surface area contributed by atoms with Gasteiger partial charge in [-0.3, -0.25) is 4.72 Å². The molecule has 1 saturated heterocycles. The first-order valence-electron chi connectivity index (χ1n) is 9.37. The number of aryl methyl sites for hydroxylation is 1. The zero-order valence-electron chi connectivity index (χ0n) is 16.0. The topological polar surface area (TPSA) is 106 Å². The Morgan fingerprint density at radius 2 is 2.07 bits per heavy atom. The Kier molecular flexibility index (Phi) is 5.50. The van der Waals surface area contributed by atoms with E-state index in [0.717, 1.165) is 24.9 Å². The van der Waals surface area contributed by atoms with Gasteiger partial charge in [0, 0.05) is 17.7 Å². The van der Waals surface area contributed by atoms with Gasteiger partial charge < -0.3 is 14.5 Å². The number of hydrogen-bond acceptors (Lipinski definition) is 7. The largest absolute Gasteiger partial charge is 0.476 e. The maximum atomic E-state index is 12.7. The van der Waals surface area contributed by atoms with E-state index in [0.29, 0.717) is 35.7 Å². The smallest absolute Gasteiger partial charge is 0.261 e. The summed E-state index contributed by atoms with van der Waals surface area (Å²) in [5.41, 5.74) is 1.71. The summed E-state index contributed by atoms with van der Waals surface area (Å²) in [6, 6.07) is 10.1. The van der Waals surface area contributed by atoms with Gasteiger partial charge in [-0.1, -0.05) is 0 Å². The molecule has 1 fully saturated rings. The Balaban J connectivity index is 1.44. The highest BCUT2D eigenvalue weighted by Crippen LogP contribution is 2.24. The molecule has 0 spiro atoms. The summed E-state index contributed by atoms with van der Waals surface area (Å²) in [6.07, 6.45) is 5.14. The minimum Gasteiger partial charge on any atom is -0.476 e. The van der Waals surface area contributed by atoms with Crippen LogP contribution in [0.2, 0.25) is 0 Å². The number of sulfonamides is 1. The SMILES string of the molecule is Cc1nc(OC[C@@H]2CCCN2)ccc1NS(=O)(=O)c1ccc(-c2cnco2)cc1. The third-order valence-corrected chi connectivity index (χ3v) is 6.16. The Hall–Kier alpha value is -2.91. The molecule has 1 aliphatic rings. The molecule has 0 radical (unpaired) electrons. The van der Waals surface area contributed by atoms with E-state index in [-0.39, 0.29) is 4.90 Å². The second kappa shape index (κ2) is 8.22. The molecule has 0 saturated carbocycles. The molecule has 1 aliphatic heterocycles. The van der Waals surface area contributed by atoms with E-state index in [9.17, 15) is 8.42 Å². The summed E-state index contributed by atoms with van der Waals surface area (Å²) in [6.45, 7) is 3.31. The summed E-state index contributed by atoms with van der Waals surface area (Å²) in [5.74, 6) is 1.06. The number of anilines is 1. The van der Waals surface area contributed by atoms with Crippen molar-refractivity contribution in [2.24, 2.45) is 0 Å². The van der Waals surface area contributed by atoms with Crippen molar-refractivity contribution >= 4 is 15.7 Å². The number of nitrogens with zero attached hydrogens (tertiary/aromatic N) is 2. The first kappa shape index (κ1) is 19.4. The molecule has 0 bridgehead atoms. The molecule has 0 aliphatic carbocycles. The van der Waals surface area contributed by atoms with Crippen LogP contribution in [0, 0.1) is 6.92 Å². The molecule has 9 heteroatoms. The van der Waals surface area contributed by atoms with Crippen LogP contribution in [-0.4, -0.2) is 37.6 Å². The first-order valence-corrected chi connectivity index (χ1v) is 10.9. The first-order chi connectivity index (χ1) is 14.0. The third kappa shape index (κ3) is 4.57. The van der Waals surface area contributed by atoms with Crippen LogP contribution < -0.4 is 14.8 Å². The summed E-state index contributed by atoms with van der Waals surface area (Å²) in [4.78, 5) is 8.37.